The summed E-state index contributed by atoms with van der Waals surface area (Å²) in [6.07, 6.45) is 14.5. The predicted molar refractivity (Wildman–Crippen MR) is 138 cm³/mol. The van der Waals surface area contributed by atoms with Crippen molar-refractivity contribution in [2.75, 3.05) is 19.8 Å². The summed E-state index contributed by atoms with van der Waals surface area (Å²) in [7, 11) is 0. The molecule has 1 saturated heterocycles. The molecular weight excluding hydrogens is 465 g/mol. The number of alkyl halides is 1. The van der Waals surface area contributed by atoms with Crippen LogP contribution in [0.4, 0.5) is 13.2 Å². The average molecular weight is 513 g/mol. The molecule has 36 heavy (non-hydrogen) atoms. The van der Waals surface area contributed by atoms with Gasteiger partial charge in [-0.25, -0.2) is 4.39 Å². The van der Waals surface area contributed by atoms with Crippen LogP contribution in [0.25, 0.3) is 0 Å². The summed E-state index contributed by atoms with van der Waals surface area (Å²) >= 11 is 0. The first kappa shape index (κ1) is 29.1. The zero-order valence-corrected chi connectivity index (χ0v) is 22.4. The monoisotopic (exact) mass is 512 g/mol. The summed E-state index contributed by atoms with van der Waals surface area (Å²) in [4.78, 5) is 0. The maximum atomic E-state index is 14.6. The fraction of sp³-hybridized carbons (Fsp3) is 0.800. The van der Waals surface area contributed by atoms with Gasteiger partial charge in [0.25, 0.3) is 0 Å². The van der Waals surface area contributed by atoms with Crippen LogP contribution in [0.5, 0.6) is 11.5 Å². The van der Waals surface area contributed by atoms with Gasteiger partial charge in [0.2, 0.25) is 11.6 Å². The predicted octanol–water partition coefficient (Wildman–Crippen LogP) is 8.82. The van der Waals surface area contributed by atoms with Gasteiger partial charge in [0.05, 0.1) is 19.3 Å². The molecule has 2 aliphatic rings. The lowest BCUT2D eigenvalue weighted by atomic mass is 9.72. The number of hydrogen-bond donors (Lipinski definition) is 0. The van der Waals surface area contributed by atoms with E-state index in [4.69, 9.17) is 14.2 Å². The van der Waals surface area contributed by atoms with Crippen molar-refractivity contribution < 1.29 is 27.4 Å². The Morgan fingerprint density at radius 2 is 1.50 bits per heavy atom. The van der Waals surface area contributed by atoms with Gasteiger partial charge in [-0.15, -0.1) is 0 Å². The van der Waals surface area contributed by atoms with Crippen LogP contribution in [0.15, 0.2) is 12.1 Å². The van der Waals surface area contributed by atoms with Crippen molar-refractivity contribution >= 4 is 0 Å². The molecule has 1 aliphatic carbocycles. The van der Waals surface area contributed by atoms with E-state index in [1.807, 2.05) is 6.92 Å². The number of unbranched alkanes of at least 4 members (excludes halogenated alkanes) is 4. The third-order valence-electron chi connectivity index (χ3n) is 8.13. The van der Waals surface area contributed by atoms with Crippen LogP contribution in [0, 0.1) is 29.4 Å². The van der Waals surface area contributed by atoms with Gasteiger partial charge in [0.15, 0.2) is 11.5 Å². The molecule has 3 unspecified atom stereocenters. The number of benzene rings is 1. The lowest BCUT2D eigenvalue weighted by Gasteiger charge is -2.38. The van der Waals surface area contributed by atoms with Gasteiger partial charge < -0.3 is 14.2 Å². The van der Waals surface area contributed by atoms with Crippen LogP contribution in [0.3, 0.4) is 0 Å². The normalized spacial score (nSPS) is 25.5. The van der Waals surface area contributed by atoms with Crippen molar-refractivity contribution in [1.82, 2.24) is 0 Å². The van der Waals surface area contributed by atoms with E-state index in [-0.39, 0.29) is 30.6 Å². The van der Waals surface area contributed by atoms with Gasteiger partial charge >= 0.3 is 0 Å². The molecule has 3 nitrogen and oxygen atoms in total. The Balaban J connectivity index is 1.32. The van der Waals surface area contributed by atoms with Gasteiger partial charge in [-0.05, 0) is 62.0 Å². The topological polar surface area (TPSA) is 27.7 Å². The quantitative estimate of drug-likeness (QED) is 0.220. The van der Waals surface area contributed by atoms with Crippen LogP contribution < -0.4 is 9.47 Å². The Morgan fingerprint density at radius 3 is 2.14 bits per heavy atom. The molecule has 0 spiro atoms. The first-order valence-electron chi connectivity index (χ1n) is 14.5. The molecule has 1 heterocycles. The Morgan fingerprint density at radius 1 is 0.833 bits per heavy atom. The van der Waals surface area contributed by atoms with Crippen molar-refractivity contribution in [3.05, 3.63) is 23.8 Å². The van der Waals surface area contributed by atoms with Crippen LogP contribution in [-0.2, 0) is 4.74 Å². The van der Waals surface area contributed by atoms with Crippen molar-refractivity contribution in [3.63, 3.8) is 0 Å². The van der Waals surface area contributed by atoms with Crippen molar-refractivity contribution in [2.45, 2.75) is 116 Å². The zero-order valence-electron chi connectivity index (χ0n) is 22.4. The molecule has 0 radical (unpaired) electrons. The highest BCUT2D eigenvalue weighted by atomic mass is 19.2. The second-order valence-electron chi connectivity index (χ2n) is 11.0. The first-order chi connectivity index (χ1) is 17.5. The smallest absolute Gasteiger partial charge is 0.204 e. The zero-order chi connectivity index (χ0) is 25.8. The van der Waals surface area contributed by atoms with E-state index in [2.05, 4.69) is 6.92 Å². The molecule has 3 atom stereocenters. The average Bonchev–Trinajstić information content (AvgIpc) is 2.89. The summed E-state index contributed by atoms with van der Waals surface area (Å²) < 4.78 is 59.6. The number of ether oxygens (including phenoxy) is 3. The number of halogens is 3. The fourth-order valence-corrected chi connectivity index (χ4v) is 5.79. The lowest BCUT2D eigenvalue weighted by Crippen LogP contribution is -2.34. The van der Waals surface area contributed by atoms with E-state index < -0.39 is 17.8 Å². The van der Waals surface area contributed by atoms with E-state index in [9.17, 15) is 13.2 Å². The van der Waals surface area contributed by atoms with Gasteiger partial charge in [0.1, 0.15) is 12.8 Å². The first-order valence-corrected chi connectivity index (χ1v) is 14.5. The molecular formula is C30H47F3O3. The Kier molecular flexibility index (Phi) is 12.7. The Hall–Kier alpha value is -1.43. The maximum absolute atomic E-state index is 14.6. The molecule has 0 N–H and O–H groups in total. The second-order valence-corrected chi connectivity index (χ2v) is 11.0. The van der Waals surface area contributed by atoms with Crippen LogP contribution in [-0.4, -0.2) is 32.1 Å². The lowest BCUT2D eigenvalue weighted by molar-refractivity contribution is -0.0530. The third kappa shape index (κ3) is 9.15. The SMILES string of the molecule is CCCCCCC1CCC(C2CCC(CC(F)COc3ccc(OCCCC)c(F)c3F)OC2)CC1. The third-order valence-corrected chi connectivity index (χ3v) is 8.13. The maximum Gasteiger partial charge on any atom is 0.204 e. The van der Waals surface area contributed by atoms with Gasteiger partial charge in [-0.2, -0.15) is 8.78 Å². The van der Waals surface area contributed by atoms with Crippen LogP contribution >= 0.6 is 0 Å². The highest BCUT2D eigenvalue weighted by Crippen LogP contribution is 2.39. The number of rotatable bonds is 15. The fourth-order valence-electron chi connectivity index (χ4n) is 5.79. The number of hydrogen-bond acceptors (Lipinski definition) is 3. The molecule has 1 aromatic carbocycles. The summed E-state index contributed by atoms with van der Waals surface area (Å²) in [6.45, 7) is 4.96. The van der Waals surface area contributed by atoms with Crippen LogP contribution in [0.1, 0.15) is 104 Å². The minimum absolute atomic E-state index is 0.134. The van der Waals surface area contributed by atoms with E-state index in [0.29, 0.717) is 19.1 Å². The highest BCUT2D eigenvalue weighted by Gasteiger charge is 2.32. The summed E-state index contributed by atoms with van der Waals surface area (Å²) in [6, 6.07) is 2.63. The highest BCUT2D eigenvalue weighted by molar-refractivity contribution is 5.35. The molecule has 0 aromatic heterocycles. The van der Waals surface area contributed by atoms with E-state index in [0.717, 1.165) is 37.5 Å². The van der Waals surface area contributed by atoms with Crippen molar-refractivity contribution in [1.29, 1.82) is 0 Å². The van der Waals surface area contributed by atoms with E-state index in [1.165, 1.54) is 69.9 Å². The molecule has 1 aromatic rings. The van der Waals surface area contributed by atoms with Gasteiger partial charge in [-0.1, -0.05) is 65.2 Å². The van der Waals surface area contributed by atoms with Crippen molar-refractivity contribution in [2.24, 2.45) is 17.8 Å². The molecule has 6 heteroatoms. The standard InChI is InChI=1S/C30H47F3O3/c1-3-5-7-8-9-22-10-12-23(13-11-22)24-14-15-26(35-20-24)19-25(31)21-36-28-17-16-27(29(32)30(28)33)34-18-6-4-2/h16-17,22-26H,3-15,18-21H2,1-2H3. The molecule has 1 saturated carbocycles. The molecule has 1 aliphatic heterocycles. The van der Waals surface area contributed by atoms with E-state index >= 15 is 0 Å². The molecule has 0 amide bonds. The summed E-state index contributed by atoms with van der Waals surface area (Å²) in [5.74, 6) is -0.416. The summed E-state index contributed by atoms with van der Waals surface area (Å²) in [5, 5.41) is 0. The minimum Gasteiger partial charge on any atom is -0.490 e. The molecule has 3 rings (SSSR count). The Bertz CT molecular complexity index is 743. The molecule has 206 valence electrons. The second kappa shape index (κ2) is 15.7. The van der Waals surface area contributed by atoms with Gasteiger partial charge in [0, 0.05) is 6.42 Å². The molecule has 2 fully saturated rings. The van der Waals surface area contributed by atoms with Gasteiger partial charge in [-0.3, -0.25) is 0 Å². The van der Waals surface area contributed by atoms with Crippen LogP contribution in [0.2, 0.25) is 0 Å². The molecule has 0 bridgehead atoms. The summed E-state index contributed by atoms with van der Waals surface area (Å²) in [5.41, 5.74) is 0. The Labute approximate surface area is 216 Å². The van der Waals surface area contributed by atoms with Crippen molar-refractivity contribution in [3.8, 4) is 11.5 Å². The largest absolute Gasteiger partial charge is 0.490 e. The minimum atomic E-state index is -1.29. The van der Waals surface area contributed by atoms with E-state index in [1.54, 1.807) is 0 Å².